The lowest BCUT2D eigenvalue weighted by molar-refractivity contribution is 0.0948. The third-order valence-electron chi connectivity index (χ3n) is 4.73. The topological polar surface area (TPSA) is 67.9 Å². The lowest BCUT2D eigenvalue weighted by atomic mass is 10.1. The Balaban J connectivity index is 1.38. The van der Waals surface area contributed by atoms with E-state index in [2.05, 4.69) is 5.32 Å². The minimum atomic E-state index is -0.210. The smallest absolute Gasteiger partial charge is 0.258 e. The molecule has 2 amide bonds. The SMILES string of the molecule is CN(C(=O)c1ccc(C(=O)NCc2ccc3c(c2)OCO3)cc1)c1ccccc1. The molecule has 0 radical (unpaired) electrons. The maximum Gasteiger partial charge on any atom is 0.258 e. The van der Waals surface area contributed by atoms with Crippen molar-refractivity contribution in [3.63, 3.8) is 0 Å². The monoisotopic (exact) mass is 388 g/mol. The summed E-state index contributed by atoms with van der Waals surface area (Å²) in [4.78, 5) is 26.6. The Hall–Kier alpha value is -3.80. The molecule has 4 rings (SSSR count). The van der Waals surface area contributed by atoms with Gasteiger partial charge in [-0.1, -0.05) is 24.3 Å². The highest BCUT2D eigenvalue weighted by Crippen LogP contribution is 2.32. The van der Waals surface area contributed by atoms with Crippen molar-refractivity contribution in [2.75, 3.05) is 18.7 Å². The van der Waals surface area contributed by atoms with Gasteiger partial charge in [0, 0.05) is 30.4 Å². The first-order valence-corrected chi connectivity index (χ1v) is 9.22. The lowest BCUT2D eigenvalue weighted by Crippen LogP contribution is -2.26. The molecule has 146 valence electrons. The van der Waals surface area contributed by atoms with Gasteiger partial charge in [-0.25, -0.2) is 0 Å². The van der Waals surface area contributed by atoms with Crippen LogP contribution in [0, 0.1) is 0 Å². The van der Waals surface area contributed by atoms with Crippen molar-refractivity contribution in [3.05, 3.63) is 89.5 Å². The normalized spacial score (nSPS) is 11.8. The summed E-state index contributed by atoms with van der Waals surface area (Å²) in [6.07, 6.45) is 0. The largest absolute Gasteiger partial charge is 0.454 e. The quantitative estimate of drug-likeness (QED) is 0.725. The molecule has 1 heterocycles. The minimum Gasteiger partial charge on any atom is -0.454 e. The summed E-state index contributed by atoms with van der Waals surface area (Å²) in [5.41, 5.74) is 2.73. The van der Waals surface area contributed by atoms with Crippen LogP contribution in [0.5, 0.6) is 11.5 Å². The van der Waals surface area contributed by atoms with E-state index in [1.54, 1.807) is 36.2 Å². The second kappa shape index (κ2) is 8.06. The predicted molar refractivity (Wildman–Crippen MR) is 109 cm³/mol. The Morgan fingerprint density at radius 2 is 1.59 bits per heavy atom. The summed E-state index contributed by atoms with van der Waals surface area (Å²) in [5, 5.41) is 2.87. The van der Waals surface area contributed by atoms with Gasteiger partial charge in [0.1, 0.15) is 0 Å². The van der Waals surface area contributed by atoms with Gasteiger partial charge in [0.25, 0.3) is 11.8 Å². The number of para-hydroxylation sites is 1. The summed E-state index contributed by atoms with van der Waals surface area (Å²) < 4.78 is 10.6. The van der Waals surface area contributed by atoms with Gasteiger partial charge in [0.05, 0.1) is 0 Å². The zero-order valence-corrected chi connectivity index (χ0v) is 15.9. The molecule has 3 aromatic carbocycles. The van der Waals surface area contributed by atoms with Gasteiger partial charge in [0.15, 0.2) is 11.5 Å². The van der Waals surface area contributed by atoms with Gasteiger partial charge in [-0.2, -0.15) is 0 Å². The highest BCUT2D eigenvalue weighted by Gasteiger charge is 2.15. The first kappa shape index (κ1) is 18.6. The van der Waals surface area contributed by atoms with Crippen molar-refractivity contribution in [3.8, 4) is 11.5 Å². The molecule has 0 unspecified atom stereocenters. The number of fused-ring (bicyclic) bond motifs is 1. The number of benzene rings is 3. The molecular formula is C23H20N2O4. The molecule has 1 aliphatic heterocycles. The zero-order chi connectivity index (χ0) is 20.2. The number of rotatable bonds is 5. The molecule has 1 N–H and O–H groups in total. The van der Waals surface area contributed by atoms with Gasteiger partial charge in [0.2, 0.25) is 6.79 Å². The van der Waals surface area contributed by atoms with E-state index in [1.807, 2.05) is 48.5 Å². The lowest BCUT2D eigenvalue weighted by Gasteiger charge is -2.17. The Morgan fingerprint density at radius 3 is 2.34 bits per heavy atom. The van der Waals surface area contributed by atoms with Crippen molar-refractivity contribution in [1.82, 2.24) is 5.32 Å². The molecule has 0 spiro atoms. The van der Waals surface area contributed by atoms with E-state index in [4.69, 9.17) is 9.47 Å². The van der Waals surface area contributed by atoms with Crippen molar-refractivity contribution in [1.29, 1.82) is 0 Å². The van der Waals surface area contributed by atoms with E-state index >= 15 is 0 Å². The van der Waals surface area contributed by atoms with Crippen LogP contribution in [-0.4, -0.2) is 25.7 Å². The zero-order valence-electron chi connectivity index (χ0n) is 15.9. The van der Waals surface area contributed by atoms with Gasteiger partial charge in [-0.15, -0.1) is 0 Å². The molecule has 0 aromatic heterocycles. The number of hydrogen-bond donors (Lipinski definition) is 1. The fraction of sp³-hybridized carbons (Fsp3) is 0.130. The van der Waals surface area contributed by atoms with Crippen LogP contribution < -0.4 is 19.7 Å². The van der Waals surface area contributed by atoms with Crippen LogP contribution in [0.2, 0.25) is 0 Å². The number of hydrogen-bond acceptors (Lipinski definition) is 4. The minimum absolute atomic E-state index is 0.136. The predicted octanol–water partition coefficient (Wildman–Crippen LogP) is 3.62. The van der Waals surface area contributed by atoms with E-state index in [1.165, 1.54) is 0 Å². The van der Waals surface area contributed by atoms with Crippen LogP contribution in [0.4, 0.5) is 5.69 Å². The molecule has 0 atom stereocenters. The molecule has 0 bridgehead atoms. The highest BCUT2D eigenvalue weighted by molar-refractivity contribution is 6.06. The number of amides is 2. The van der Waals surface area contributed by atoms with Crippen LogP contribution in [0.3, 0.4) is 0 Å². The second-order valence-corrected chi connectivity index (χ2v) is 6.65. The Bertz CT molecular complexity index is 1030. The number of ether oxygens (including phenoxy) is 2. The standard InChI is InChI=1S/C23H20N2O4/c1-25(19-5-3-2-4-6-19)23(27)18-10-8-17(9-11-18)22(26)24-14-16-7-12-20-21(13-16)29-15-28-20/h2-13H,14-15H2,1H3,(H,24,26). The van der Waals surface area contributed by atoms with Gasteiger partial charge < -0.3 is 19.7 Å². The molecule has 3 aromatic rings. The fourth-order valence-electron chi connectivity index (χ4n) is 3.06. The highest BCUT2D eigenvalue weighted by atomic mass is 16.7. The molecule has 29 heavy (non-hydrogen) atoms. The van der Waals surface area contributed by atoms with Crippen molar-refractivity contribution in [2.24, 2.45) is 0 Å². The fourth-order valence-corrected chi connectivity index (χ4v) is 3.06. The molecule has 0 fully saturated rings. The molecular weight excluding hydrogens is 368 g/mol. The van der Waals surface area contributed by atoms with E-state index < -0.39 is 0 Å². The number of nitrogens with one attached hydrogen (secondary N) is 1. The van der Waals surface area contributed by atoms with E-state index in [9.17, 15) is 9.59 Å². The van der Waals surface area contributed by atoms with Crippen molar-refractivity contribution in [2.45, 2.75) is 6.54 Å². The molecule has 0 aliphatic carbocycles. The number of carbonyl (C=O) groups is 2. The summed E-state index contributed by atoms with van der Waals surface area (Å²) in [6.45, 7) is 0.586. The van der Waals surface area contributed by atoms with E-state index in [-0.39, 0.29) is 18.6 Å². The average molecular weight is 388 g/mol. The number of nitrogens with zero attached hydrogens (tertiary/aromatic N) is 1. The first-order chi connectivity index (χ1) is 14.1. The molecule has 0 saturated heterocycles. The third kappa shape index (κ3) is 4.06. The van der Waals surface area contributed by atoms with Gasteiger partial charge in [-0.3, -0.25) is 9.59 Å². The molecule has 0 saturated carbocycles. The Kier molecular flexibility index (Phi) is 5.16. The Morgan fingerprint density at radius 1 is 0.897 bits per heavy atom. The molecule has 1 aliphatic rings. The van der Waals surface area contributed by atoms with Crippen LogP contribution in [0.1, 0.15) is 26.3 Å². The Labute approximate surface area is 168 Å². The van der Waals surface area contributed by atoms with Gasteiger partial charge >= 0.3 is 0 Å². The van der Waals surface area contributed by atoms with Crippen LogP contribution in [-0.2, 0) is 6.54 Å². The van der Waals surface area contributed by atoms with Crippen molar-refractivity contribution >= 4 is 17.5 Å². The molecule has 6 heteroatoms. The summed E-state index contributed by atoms with van der Waals surface area (Å²) in [5.74, 6) is 1.05. The second-order valence-electron chi connectivity index (χ2n) is 6.65. The maximum atomic E-state index is 12.6. The summed E-state index contributed by atoms with van der Waals surface area (Å²) in [6, 6.07) is 21.6. The van der Waals surface area contributed by atoms with Gasteiger partial charge in [-0.05, 0) is 54.1 Å². The van der Waals surface area contributed by atoms with Crippen LogP contribution in [0.25, 0.3) is 0 Å². The van der Waals surface area contributed by atoms with E-state index in [0.29, 0.717) is 29.2 Å². The number of anilines is 1. The number of carbonyl (C=O) groups excluding carboxylic acids is 2. The van der Waals surface area contributed by atoms with Crippen LogP contribution in [0.15, 0.2) is 72.8 Å². The maximum absolute atomic E-state index is 12.6. The van der Waals surface area contributed by atoms with E-state index in [0.717, 1.165) is 11.3 Å². The average Bonchev–Trinajstić information content (AvgIpc) is 3.25. The first-order valence-electron chi connectivity index (χ1n) is 9.22. The molecule has 6 nitrogen and oxygen atoms in total. The summed E-state index contributed by atoms with van der Waals surface area (Å²) in [7, 11) is 1.73. The van der Waals surface area contributed by atoms with Crippen molar-refractivity contribution < 1.29 is 19.1 Å². The third-order valence-corrected chi connectivity index (χ3v) is 4.73. The van der Waals surface area contributed by atoms with Crippen LogP contribution >= 0.6 is 0 Å². The summed E-state index contributed by atoms with van der Waals surface area (Å²) >= 11 is 0.